The van der Waals surface area contributed by atoms with Crippen molar-refractivity contribution < 1.29 is 10.2 Å². The zero-order chi connectivity index (χ0) is 8.85. The molecule has 3 heteroatoms. The van der Waals surface area contributed by atoms with Crippen LogP contribution < -0.4 is 0 Å². The van der Waals surface area contributed by atoms with E-state index in [4.69, 9.17) is 10.5 Å². The third kappa shape index (κ3) is 3.49. The Kier molecular flexibility index (Phi) is 5.07. The van der Waals surface area contributed by atoms with Crippen molar-refractivity contribution in [3.05, 3.63) is 0 Å². The molecule has 11 heavy (non-hydrogen) atoms. The number of rotatable bonds is 5. The summed E-state index contributed by atoms with van der Waals surface area (Å²) >= 11 is 0. The summed E-state index contributed by atoms with van der Waals surface area (Å²) in [5.74, 6) is 0.0552. The molecule has 0 aliphatic carbocycles. The van der Waals surface area contributed by atoms with Gasteiger partial charge in [-0.15, -0.1) is 0 Å². The summed E-state index contributed by atoms with van der Waals surface area (Å²) in [7, 11) is 0. The van der Waals surface area contributed by atoms with Gasteiger partial charge in [0.1, 0.15) is 0 Å². The number of hydrogen-bond donors (Lipinski definition) is 3. The van der Waals surface area contributed by atoms with Crippen LogP contribution in [0.15, 0.2) is 0 Å². The van der Waals surface area contributed by atoms with Gasteiger partial charge in [0, 0.05) is 6.61 Å². The predicted molar refractivity (Wildman–Crippen MR) is 44.8 cm³/mol. The van der Waals surface area contributed by atoms with Gasteiger partial charge in [-0.1, -0.05) is 6.92 Å². The van der Waals surface area contributed by atoms with Crippen molar-refractivity contribution in [2.24, 2.45) is 11.8 Å². The van der Waals surface area contributed by atoms with Crippen LogP contribution in [0.1, 0.15) is 20.3 Å². The lowest BCUT2D eigenvalue weighted by Gasteiger charge is -2.22. The van der Waals surface area contributed by atoms with Crippen LogP contribution in [0, 0.1) is 17.2 Å². The van der Waals surface area contributed by atoms with Gasteiger partial charge < -0.3 is 15.6 Å². The number of aliphatic hydroxyl groups is 2. The molecular weight excluding hydrogens is 142 g/mol. The van der Waals surface area contributed by atoms with Gasteiger partial charge in [0.25, 0.3) is 0 Å². The van der Waals surface area contributed by atoms with Gasteiger partial charge in [0.2, 0.25) is 0 Å². The Labute approximate surface area is 67.6 Å². The second-order valence-electron chi connectivity index (χ2n) is 2.94. The van der Waals surface area contributed by atoms with Crippen LogP contribution in [-0.4, -0.2) is 29.1 Å². The van der Waals surface area contributed by atoms with E-state index >= 15 is 0 Å². The van der Waals surface area contributed by atoms with E-state index in [1.165, 1.54) is 6.21 Å². The minimum Gasteiger partial charge on any atom is -0.396 e. The Morgan fingerprint density at radius 2 is 2.00 bits per heavy atom. The molecule has 0 rings (SSSR count). The minimum absolute atomic E-state index is 0.0116. The summed E-state index contributed by atoms with van der Waals surface area (Å²) in [6, 6.07) is 0. The second kappa shape index (κ2) is 5.27. The number of nitrogens with one attached hydrogen (secondary N) is 1. The normalized spacial score (nSPS) is 18.9. The fourth-order valence-electron chi connectivity index (χ4n) is 1.22. The molecule has 66 valence electrons. The van der Waals surface area contributed by atoms with E-state index in [1.807, 2.05) is 6.92 Å². The SMILES string of the molecule is CC(C=N)[C@H](CCO)[C@H](C)O. The van der Waals surface area contributed by atoms with E-state index in [0.29, 0.717) is 6.42 Å². The van der Waals surface area contributed by atoms with E-state index in [-0.39, 0.29) is 18.4 Å². The van der Waals surface area contributed by atoms with Crippen molar-refractivity contribution >= 4 is 6.21 Å². The van der Waals surface area contributed by atoms with Gasteiger partial charge in [0.15, 0.2) is 0 Å². The van der Waals surface area contributed by atoms with Gasteiger partial charge in [-0.25, -0.2) is 0 Å². The third-order valence-electron chi connectivity index (χ3n) is 2.02. The van der Waals surface area contributed by atoms with Crippen LogP contribution in [0.4, 0.5) is 0 Å². The van der Waals surface area contributed by atoms with E-state index < -0.39 is 6.10 Å². The maximum absolute atomic E-state index is 9.23. The van der Waals surface area contributed by atoms with E-state index in [1.54, 1.807) is 6.92 Å². The highest BCUT2D eigenvalue weighted by atomic mass is 16.3. The lowest BCUT2D eigenvalue weighted by molar-refractivity contribution is 0.0897. The summed E-state index contributed by atoms with van der Waals surface area (Å²) in [6.45, 7) is 3.65. The van der Waals surface area contributed by atoms with Crippen molar-refractivity contribution in [3.8, 4) is 0 Å². The van der Waals surface area contributed by atoms with Crippen LogP contribution in [0.2, 0.25) is 0 Å². The summed E-state index contributed by atoms with van der Waals surface area (Å²) in [4.78, 5) is 0. The van der Waals surface area contributed by atoms with Crippen LogP contribution in [-0.2, 0) is 0 Å². The molecule has 0 saturated heterocycles. The standard InChI is InChI=1S/C8H17NO2/c1-6(5-9)8(3-4-10)7(2)11/h5-11H,3-4H2,1-2H3/t6?,7-,8-/m0/s1. The molecule has 0 spiro atoms. The lowest BCUT2D eigenvalue weighted by Crippen LogP contribution is -2.25. The zero-order valence-corrected chi connectivity index (χ0v) is 7.12. The molecule has 1 unspecified atom stereocenters. The van der Waals surface area contributed by atoms with Crippen molar-refractivity contribution in [3.63, 3.8) is 0 Å². The molecule has 3 N–H and O–H groups in total. The van der Waals surface area contributed by atoms with Crippen LogP contribution >= 0.6 is 0 Å². The molecule has 3 nitrogen and oxygen atoms in total. The molecule has 0 aromatic heterocycles. The van der Waals surface area contributed by atoms with Crippen molar-refractivity contribution in [2.75, 3.05) is 6.61 Å². The molecule has 0 aromatic rings. The van der Waals surface area contributed by atoms with Crippen LogP contribution in [0.5, 0.6) is 0 Å². The highest BCUT2D eigenvalue weighted by Gasteiger charge is 2.19. The molecule has 3 atom stereocenters. The van der Waals surface area contributed by atoms with Gasteiger partial charge in [-0.2, -0.15) is 0 Å². The first-order valence-corrected chi connectivity index (χ1v) is 3.93. The molecular formula is C8H17NO2. The smallest absolute Gasteiger partial charge is 0.0547 e. The molecule has 0 saturated carbocycles. The van der Waals surface area contributed by atoms with E-state index in [0.717, 1.165) is 0 Å². The summed E-state index contributed by atoms with van der Waals surface area (Å²) < 4.78 is 0. The van der Waals surface area contributed by atoms with Gasteiger partial charge in [-0.05, 0) is 31.4 Å². The Hall–Kier alpha value is -0.410. The molecule has 0 aromatic carbocycles. The summed E-state index contributed by atoms with van der Waals surface area (Å²) in [5, 5.41) is 24.9. The minimum atomic E-state index is -0.446. The Balaban J connectivity index is 3.97. The first-order valence-electron chi connectivity index (χ1n) is 3.93. The number of aliphatic hydroxyl groups excluding tert-OH is 2. The quantitative estimate of drug-likeness (QED) is 0.516. The molecule has 0 aliphatic heterocycles. The second-order valence-corrected chi connectivity index (χ2v) is 2.94. The molecule has 0 radical (unpaired) electrons. The average Bonchev–Trinajstić information content (AvgIpc) is 1.98. The van der Waals surface area contributed by atoms with Crippen LogP contribution in [0.3, 0.4) is 0 Å². The first-order chi connectivity index (χ1) is 5.13. The monoisotopic (exact) mass is 159 g/mol. The van der Waals surface area contributed by atoms with Crippen molar-refractivity contribution in [1.29, 1.82) is 5.41 Å². The first kappa shape index (κ1) is 10.6. The Morgan fingerprint density at radius 3 is 2.27 bits per heavy atom. The molecule has 0 bridgehead atoms. The Bertz CT molecular complexity index is 115. The van der Waals surface area contributed by atoms with Crippen molar-refractivity contribution in [1.82, 2.24) is 0 Å². The van der Waals surface area contributed by atoms with Gasteiger partial charge in [0.05, 0.1) is 6.10 Å². The van der Waals surface area contributed by atoms with Gasteiger partial charge in [-0.3, -0.25) is 0 Å². The van der Waals surface area contributed by atoms with Gasteiger partial charge >= 0.3 is 0 Å². The van der Waals surface area contributed by atoms with E-state index in [2.05, 4.69) is 0 Å². The molecule has 0 aliphatic rings. The fourth-order valence-corrected chi connectivity index (χ4v) is 1.22. The van der Waals surface area contributed by atoms with Crippen LogP contribution in [0.25, 0.3) is 0 Å². The number of hydrogen-bond acceptors (Lipinski definition) is 3. The highest BCUT2D eigenvalue weighted by molar-refractivity contribution is 5.56. The predicted octanol–water partition coefficient (Wildman–Crippen LogP) is 0.651. The lowest BCUT2D eigenvalue weighted by atomic mass is 9.88. The van der Waals surface area contributed by atoms with Crippen molar-refractivity contribution in [2.45, 2.75) is 26.4 Å². The third-order valence-corrected chi connectivity index (χ3v) is 2.02. The largest absolute Gasteiger partial charge is 0.396 e. The fraction of sp³-hybridized carbons (Fsp3) is 0.875. The molecule has 0 fully saturated rings. The maximum Gasteiger partial charge on any atom is 0.0547 e. The molecule has 0 amide bonds. The maximum atomic E-state index is 9.23. The summed E-state index contributed by atoms with van der Waals surface area (Å²) in [6.07, 6.45) is 1.43. The topological polar surface area (TPSA) is 64.3 Å². The zero-order valence-electron chi connectivity index (χ0n) is 7.12. The average molecular weight is 159 g/mol. The van der Waals surface area contributed by atoms with E-state index in [9.17, 15) is 5.11 Å². The summed E-state index contributed by atoms with van der Waals surface area (Å²) in [5.41, 5.74) is 0. The highest BCUT2D eigenvalue weighted by Crippen LogP contribution is 2.17. The Morgan fingerprint density at radius 1 is 1.45 bits per heavy atom. The molecule has 0 heterocycles.